The summed E-state index contributed by atoms with van der Waals surface area (Å²) in [6.45, 7) is 20.2. The molecule has 3 rings (SSSR count). The summed E-state index contributed by atoms with van der Waals surface area (Å²) in [6, 6.07) is 5.86. The zero-order chi connectivity index (χ0) is 42.7. The minimum Gasteiger partial charge on any atom is -0.495 e. The van der Waals surface area contributed by atoms with E-state index in [1.165, 1.54) is 45.5 Å². The molecule has 0 N–H and O–H groups in total. The Morgan fingerprint density at radius 2 is 1.34 bits per heavy atom. The molecule has 0 fully saturated rings. The molecular weight excluding hydrogens is 787 g/mol. The quantitative estimate of drug-likeness (QED) is 0.107. The Hall–Kier alpha value is -4.71. The maximum absolute atomic E-state index is 14.4. The number of urea groups is 1. The number of amides is 4. The number of carbonyl (C=O) groups excluding carboxylic acids is 3. The first-order valence-corrected chi connectivity index (χ1v) is 21.0. The first-order valence-electron chi connectivity index (χ1n) is 17.3. The third-order valence-electron chi connectivity index (χ3n) is 8.50. The fourth-order valence-corrected chi connectivity index (χ4v) is 6.26. The molecule has 16 nitrogen and oxygen atoms in total. The van der Waals surface area contributed by atoms with Crippen LogP contribution in [0.1, 0.15) is 67.9 Å². The average Bonchev–Trinajstić information content (AvgIpc) is 3.07. The predicted molar refractivity (Wildman–Crippen MR) is 218 cm³/mol. The number of nitro groups is 1. The van der Waals surface area contributed by atoms with Crippen LogP contribution in [-0.4, -0.2) is 73.9 Å². The van der Waals surface area contributed by atoms with Crippen molar-refractivity contribution in [3.8, 4) is 11.5 Å². The van der Waals surface area contributed by atoms with Gasteiger partial charge < -0.3 is 23.4 Å². The number of carbonyl (C=O) groups is 3. The SMILES string of the molecule is COc1cc(OC)c(Cl)c(N(C(=O)OC(C)(C)C)C(=O)N(C)c2cc(N(C(=O)OC(C)(C)C)c3ccc(CO[Si](C)(C)C(C)(C)C)cc3[N+](=O)[O-])ncn2)c1Cl. The van der Waals surface area contributed by atoms with E-state index in [1.807, 2.05) is 0 Å². The summed E-state index contributed by atoms with van der Waals surface area (Å²) in [6.07, 6.45) is -1.14. The second kappa shape index (κ2) is 17.2. The Morgan fingerprint density at radius 1 is 0.821 bits per heavy atom. The maximum Gasteiger partial charge on any atom is 0.423 e. The molecule has 0 saturated heterocycles. The second-order valence-corrected chi connectivity index (χ2v) is 21.7. The van der Waals surface area contributed by atoms with Crippen LogP contribution < -0.4 is 24.2 Å². The molecule has 306 valence electrons. The van der Waals surface area contributed by atoms with Gasteiger partial charge in [0.25, 0.3) is 5.69 Å². The summed E-state index contributed by atoms with van der Waals surface area (Å²) in [4.78, 5) is 64.9. The average molecular weight is 838 g/mol. The summed E-state index contributed by atoms with van der Waals surface area (Å²) < 4.78 is 28.3. The fourth-order valence-electron chi connectivity index (χ4n) is 4.63. The monoisotopic (exact) mass is 836 g/mol. The smallest absolute Gasteiger partial charge is 0.423 e. The van der Waals surface area contributed by atoms with Gasteiger partial charge in [-0.2, -0.15) is 4.90 Å². The number of anilines is 4. The highest BCUT2D eigenvalue weighted by molar-refractivity contribution is 6.74. The van der Waals surface area contributed by atoms with E-state index in [4.69, 9.17) is 46.6 Å². The molecule has 0 radical (unpaired) electrons. The van der Waals surface area contributed by atoms with E-state index >= 15 is 0 Å². The summed E-state index contributed by atoms with van der Waals surface area (Å²) >= 11 is 13.3. The Balaban J connectivity index is 2.22. The van der Waals surface area contributed by atoms with E-state index in [-0.39, 0.29) is 56.2 Å². The molecule has 0 spiro atoms. The highest BCUT2D eigenvalue weighted by Crippen LogP contribution is 2.47. The van der Waals surface area contributed by atoms with Gasteiger partial charge >= 0.3 is 18.2 Å². The largest absolute Gasteiger partial charge is 0.495 e. The van der Waals surface area contributed by atoms with Gasteiger partial charge in [0.05, 0.1) is 25.7 Å². The van der Waals surface area contributed by atoms with Gasteiger partial charge in [0.1, 0.15) is 62.1 Å². The molecule has 0 aliphatic rings. The Bertz CT molecular complexity index is 1950. The molecule has 0 aliphatic carbocycles. The molecule has 3 aromatic rings. The van der Waals surface area contributed by atoms with E-state index in [1.54, 1.807) is 47.6 Å². The zero-order valence-corrected chi connectivity index (χ0v) is 36.7. The van der Waals surface area contributed by atoms with Gasteiger partial charge in [0, 0.05) is 25.2 Å². The number of benzene rings is 2. The Kier molecular flexibility index (Phi) is 14.0. The number of ether oxygens (including phenoxy) is 4. The molecule has 0 bridgehead atoms. The minimum atomic E-state index is -2.22. The van der Waals surface area contributed by atoms with Gasteiger partial charge in [-0.1, -0.05) is 50.0 Å². The number of aromatic nitrogens is 2. The van der Waals surface area contributed by atoms with Crippen molar-refractivity contribution < 1.29 is 42.7 Å². The predicted octanol–water partition coefficient (Wildman–Crippen LogP) is 10.3. The first-order chi connectivity index (χ1) is 25.6. The van der Waals surface area contributed by atoms with Gasteiger partial charge in [-0.3, -0.25) is 15.0 Å². The van der Waals surface area contributed by atoms with Crippen molar-refractivity contribution in [2.45, 2.75) is 98.3 Å². The van der Waals surface area contributed by atoms with Crippen LogP contribution in [0.5, 0.6) is 11.5 Å². The van der Waals surface area contributed by atoms with Crippen molar-refractivity contribution in [2.75, 3.05) is 36.0 Å². The van der Waals surface area contributed by atoms with Crippen molar-refractivity contribution >= 4 is 78.4 Å². The molecule has 1 heterocycles. The van der Waals surface area contributed by atoms with E-state index in [0.717, 1.165) is 16.1 Å². The van der Waals surface area contributed by atoms with Crippen LogP contribution in [0.2, 0.25) is 28.2 Å². The van der Waals surface area contributed by atoms with E-state index in [0.29, 0.717) is 10.5 Å². The van der Waals surface area contributed by atoms with E-state index in [9.17, 15) is 24.5 Å². The number of rotatable bonds is 10. The van der Waals surface area contributed by atoms with Crippen molar-refractivity contribution in [3.05, 3.63) is 62.4 Å². The number of halogens is 2. The van der Waals surface area contributed by atoms with Crippen LogP contribution >= 0.6 is 23.2 Å². The minimum absolute atomic E-state index is 0.0309. The third kappa shape index (κ3) is 10.8. The molecule has 0 saturated carbocycles. The molecule has 56 heavy (non-hydrogen) atoms. The van der Waals surface area contributed by atoms with Crippen molar-refractivity contribution in [1.82, 2.24) is 9.97 Å². The van der Waals surface area contributed by atoms with E-state index in [2.05, 4.69) is 43.8 Å². The van der Waals surface area contributed by atoms with Gasteiger partial charge in [0.15, 0.2) is 8.32 Å². The number of hydrogen-bond acceptors (Lipinski definition) is 12. The normalized spacial score (nSPS) is 12.1. The number of nitrogens with zero attached hydrogens (tertiary/aromatic N) is 6. The number of nitro benzene ring substituents is 1. The van der Waals surface area contributed by atoms with Crippen LogP contribution in [0.4, 0.5) is 43.1 Å². The van der Waals surface area contributed by atoms with Gasteiger partial charge in [-0.05, 0) is 71.3 Å². The summed E-state index contributed by atoms with van der Waals surface area (Å²) in [5.74, 6) is -0.307. The number of methoxy groups -OCH3 is 2. The van der Waals surface area contributed by atoms with Gasteiger partial charge in [-0.15, -0.1) is 0 Å². The molecule has 0 aliphatic heterocycles. The lowest BCUT2D eigenvalue weighted by molar-refractivity contribution is -0.384. The third-order valence-corrected chi connectivity index (χ3v) is 13.7. The lowest BCUT2D eigenvalue weighted by atomic mass is 10.1. The topological polar surface area (TPSA) is 176 Å². The molecular formula is C37H50Cl2N6O10Si. The number of hydrogen-bond donors (Lipinski definition) is 0. The molecule has 4 amide bonds. The van der Waals surface area contributed by atoms with Crippen LogP contribution in [0, 0.1) is 10.1 Å². The molecule has 0 unspecified atom stereocenters. The molecule has 1 aromatic heterocycles. The van der Waals surface area contributed by atoms with Crippen LogP contribution in [0.25, 0.3) is 0 Å². The summed E-state index contributed by atoms with van der Waals surface area (Å²) in [5, 5.41) is 12.1. The highest BCUT2D eigenvalue weighted by Gasteiger charge is 2.39. The summed E-state index contributed by atoms with van der Waals surface area (Å²) in [7, 11) is 1.71. The number of imide groups is 1. The van der Waals surface area contributed by atoms with Crippen LogP contribution in [-0.2, 0) is 20.5 Å². The Morgan fingerprint density at radius 3 is 1.82 bits per heavy atom. The first kappa shape index (κ1) is 45.7. The Labute approximate surface area is 338 Å². The lowest BCUT2D eigenvalue weighted by Crippen LogP contribution is -2.47. The zero-order valence-electron chi connectivity index (χ0n) is 34.2. The molecule has 0 atom stereocenters. The van der Waals surface area contributed by atoms with Crippen LogP contribution in [0.3, 0.4) is 0 Å². The fraction of sp³-hybridized carbons (Fsp3) is 0.486. The second-order valence-electron chi connectivity index (χ2n) is 16.1. The highest BCUT2D eigenvalue weighted by atomic mass is 35.5. The molecule has 19 heteroatoms. The van der Waals surface area contributed by atoms with Crippen LogP contribution in [0.15, 0.2) is 36.7 Å². The maximum atomic E-state index is 14.4. The van der Waals surface area contributed by atoms with Crippen molar-refractivity contribution in [2.24, 2.45) is 0 Å². The molecule has 2 aromatic carbocycles. The van der Waals surface area contributed by atoms with Gasteiger partial charge in [0.2, 0.25) is 0 Å². The van der Waals surface area contributed by atoms with Crippen molar-refractivity contribution in [1.29, 1.82) is 0 Å². The van der Waals surface area contributed by atoms with E-state index < -0.39 is 48.3 Å². The lowest BCUT2D eigenvalue weighted by Gasteiger charge is -2.36. The van der Waals surface area contributed by atoms with Crippen molar-refractivity contribution in [3.63, 3.8) is 0 Å². The summed E-state index contributed by atoms with van der Waals surface area (Å²) in [5.41, 5.74) is -2.54. The van der Waals surface area contributed by atoms with Gasteiger partial charge in [-0.25, -0.2) is 29.3 Å². The standard InChI is InChI=1S/C37H50Cl2N6O10Si/c1-35(2,3)54-33(47)43(23-16-15-22(17-24(23)45(49)50)20-53-56(13,14)37(7,8)9)28-19-27(40-21-41-28)42(10)32(46)44(34(48)55-36(4,5)6)31-29(38)25(51-11)18-26(52-12)30(31)39/h15-19,21H,20H2,1-14H3.